The molecule has 1 rings (SSSR count). The van der Waals surface area contributed by atoms with Crippen LogP contribution in [0.4, 0.5) is 0 Å². The van der Waals surface area contributed by atoms with E-state index in [0.29, 0.717) is 12.0 Å². The number of nitrogens with two attached hydrogens (primary N) is 1. The van der Waals surface area contributed by atoms with Crippen LogP contribution in [0.3, 0.4) is 0 Å². The van der Waals surface area contributed by atoms with Crippen molar-refractivity contribution >= 4 is 5.96 Å². The maximum atomic E-state index is 5.80. The number of hydrogen-bond acceptors (Lipinski definition) is 2. The van der Waals surface area contributed by atoms with Gasteiger partial charge in [0.05, 0.1) is 0 Å². The largest absolute Gasteiger partial charge is 0.370 e. The van der Waals surface area contributed by atoms with Crippen molar-refractivity contribution in [1.29, 1.82) is 0 Å². The average molecular weight is 170 g/mol. The highest BCUT2D eigenvalue weighted by Crippen LogP contribution is 1.94. The Balaban J connectivity index is 2.44. The zero-order valence-electron chi connectivity index (χ0n) is 7.88. The van der Waals surface area contributed by atoms with Gasteiger partial charge in [-0.2, -0.15) is 0 Å². The summed E-state index contributed by atoms with van der Waals surface area (Å²) in [4.78, 5) is 6.42. The van der Waals surface area contributed by atoms with Crippen LogP contribution in [-0.4, -0.2) is 43.1 Å². The van der Waals surface area contributed by atoms with Crippen LogP contribution in [0.2, 0.25) is 0 Å². The van der Waals surface area contributed by atoms with Gasteiger partial charge >= 0.3 is 0 Å². The Hall–Kier alpha value is -0.770. The highest BCUT2D eigenvalue weighted by atomic mass is 15.3. The third kappa shape index (κ3) is 2.70. The molecule has 12 heavy (non-hydrogen) atoms. The van der Waals surface area contributed by atoms with Crippen LogP contribution in [0, 0.1) is 0 Å². The lowest BCUT2D eigenvalue weighted by Gasteiger charge is -2.28. The Labute approximate surface area is 73.8 Å². The summed E-state index contributed by atoms with van der Waals surface area (Å²) in [5, 5.41) is 3.27. The monoisotopic (exact) mass is 170 g/mol. The molecule has 0 saturated carbocycles. The molecule has 0 aromatic heterocycles. The van der Waals surface area contributed by atoms with Crippen LogP contribution in [0.1, 0.15) is 13.8 Å². The van der Waals surface area contributed by atoms with E-state index < -0.39 is 0 Å². The van der Waals surface area contributed by atoms with Crippen molar-refractivity contribution in [3.63, 3.8) is 0 Å². The van der Waals surface area contributed by atoms with Gasteiger partial charge in [0.2, 0.25) is 0 Å². The Morgan fingerprint density at radius 3 is 2.50 bits per heavy atom. The molecule has 70 valence electrons. The molecule has 0 atom stereocenters. The van der Waals surface area contributed by atoms with Gasteiger partial charge in [-0.15, -0.1) is 0 Å². The van der Waals surface area contributed by atoms with E-state index in [1.165, 1.54) is 0 Å². The fraction of sp³-hybridized carbons (Fsp3) is 0.875. The van der Waals surface area contributed by atoms with E-state index in [2.05, 4.69) is 15.2 Å². The van der Waals surface area contributed by atoms with Gasteiger partial charge in [-0.3, -0.25) is 4.99 Å². The minimum absolute atomic E-state index is 0.292. The van der Waals surface area contributed by atoms with Crippen molar-refractivity contribution in [2.45, 2.75) is 19.9 Å². The van der Waals surface area contributed by atoms with Gasteiger partial charge in [0.1, 0.15) is 0 Å². The quantitative estimate of drug-likeness (QED) is 0.416. The van der Waals surface area contributed by atoms with Crippen molar-refractivity contribution in [2.24, 2.45) is 10.7 Å². The molecule has 4 nitrogen and oxygen atoms in total. The number of rotatable bonds is 1. The SMILES string of the molecule is CC(C)N=C(N)N1CCNCC1. The third-order valence-corrected chi connectivity index (χ3v) is 1.83. The van der Waals surface area contributed by atoms with Crippen LogP contribution in [0.5, 0.6) is 0 Å². The van der Waals surface area contributed by atoms with Gasteiger partial charge in [0.25, 0.3) is 0 Å². The first-order valence-electron chi connectivity index (χ1n) is 4.49. The van der Waals surface area contributed by atoms with Crippen molar-refractivity contribution in [3.8, 4) is 0 Å². The molecule has 0 aromatic rings. The molecule has 1 fully saturated rings. The van der Waals surface area contributed by atoms with Crippen molar-refractivity contribution in [2.75, 3.05) is 26.2 Å². The number of hydrogen-bond donors (Lipinski definition) is 2. The molecule has 1 heterocycles. The predicted molar refractivity (Wildman–Crippen MR) is 51.2 cm³/mol. The molecule has 4 heteroatoms. The molecule has 0 radical (unpaired) electrons. The van der Waals surface area contributed by atoms with Gasteiger partial charge in [-0.05, 0) is 13.8 Å². The van der Waals surface area contributed by atoms with Crippen LogP contribution in [-0.2, 0) is 0 Å². The number of nitrogens with one attached hydrogen (secondary N) is 1. The van der Waals surface area contributed by atoms with E-state index in [4.69, 9.17) is 5.73 Å². The smallest absolute Gasteiger partial charge is 0.191 e. The first-order valence-corrected chi connectivity index (χ1v) is 4.49. The summed E-state index contributed by atoms with van der Waals surface area (Å²) in [6.45, 7) is 8.04. The van der Waals surface area contributed by atoms with E-state index in [1.54, 1.807) is 0 Å². The highest BCUT2D eigenvalue weighted by Gasteiger charge is 2.11. The second-order valence-electron chi connectivity index (χ2n) is 3.32. The molecule has 1 aliphatic heterocycles. The summed E-state index contributed by atoms with van der Waals surface area (Å²) < 4.78 is 0. The van der Waals surface area contributed by atoms with E-state index in [0.717, 1.165) is 26.2 Å². The second-order valence-corrected chi connectivity index (χ2v) is 3.32. The summed E-state index contributed by atoms with van der Waals surface area (Å²) in [6, 6.07) is 0.292. The first kappa shape index (κ1) is 9.32. The second kappa shape index (κ2) is 4.30. The molecule has 0 spiro atoms. The van der Waals surface area contributed by atoms with Crippen LogP contribution < -0.4 is 11.1 Å². The number of nitrogens with zero attached hydrogens (tertiary/aromatic N) is 2. The Morgan fingerprint density at radius 1 is 1.42 bits per heavy atom. The average Bonchev–Trinajstić information content (AvgIpc) is 2.05. The summed E-state index contributed by atoms with van der Waals surface area (Å²) in [6.07, 6.45) is 0. The molecular formula is C8H18N4. The topological polar surface area (TPSA) is 53.6 Å². The van der Waals surface area contributed by atoms with Gasteiger partial charge < -0.3 is 16.0 Å². The van der Waals surface area contributed by atoms with Crippen LogP contribution in [0.25, 0.3) is 0 Å². The normalized spacial score (nSPS) is 20.2. The van der Waals surface area contributed by atoms with E-state index >= 15 is 0 Å². The van der Waals surface area contributed by atoms with E-state index in [1.807, 2.05) is 13.8 Å². The Bertz CT molecular complexity index is 158. The Morgan fingerprint density at radius 2 is 2.00 bits per heavy atom. The molecule has 0 bridgehead atoms. The number of piperazine rings is 1. The molecule has 1 aliphatic rings. The molecular weight excluding hydrogens is 152 g/mol. The maximum Gasteiger partial charge on any atom is 0.191 e. The fourth-order valence-corrected chi connectivity index (χ4v) is 1.24. The van der Waals surface area contributed by atoms with Gasteiger partial charge in [-0.25, -0.2) is 0 Å². The molecule has 0 aliphatic carbocycles. The number of aliphatic imine (C=N–C) groups is 1. The molecule has 1 saturated heterocycles. The van der Waals surface area contributed by atoms with Crippen molar-refractivity contribution < 1.29 is 0 Å². The van der Waals surface area contributed by atoms with Crippen molar-refractivity contribution in [1.82, 2.24) is 10.2 Å². The maximum absolute atomic E-state index is 5.80. The first-order chi connectivity index (χ1) is 5.70. The number of guanidine groups is 1. The molecule has 0 aromatic carbocycles. The highest BCUT2D eigenvalue weighted by molar-refractivity contribution is 5.78. The van der Waals surface area contributed by atoms with Gasteiger partial charge in [0, 0.05) is 32.2 Å². The van der Waals surface area contributed by atoms with E-state index in [9.17, 15) is 0 Å². The molecule has 0 unspecified atom stereocenters. The molecule has 3 N–H and O–H groups in total. The fourth-order valence-electron chi connectivity index (χ4n) is 1.24. The third-order valence-electron chi connectivity index (χ3n) is 1.83. The van der Waals surface area contributed by atoms with Gasteiger partial charge in [0.15, 0.2) is 5.96 Å². The lowest BCUT2D eigenvalue weighted by molar-refractivity contribution is 0.352. The lowest BCUT2D eigenvalue weighted by atomic mass is 10.4. The van der Waals surface area contributed by atoms with Crippen LogP contribution in [0.15, 0.2) is 4.99 Å². The van der Waals surface area contributed by atoms with E-state index in [-0.39, 0.29) is 0 Å². The Kier molecular flexibility index (Phi) is 3.34. The molecule has 0 amide bonds. The summed E-state index contributed by atoms with van der Waals surface area (Å²) in [7, 11) is 0. The zero-order valence-corrected chi connectivity index (χ0v) is 7.88. The van der Waals surface area contributed by atoms with Crippen molar-refractivity contribution in [3.05, 3.63) is 0 Å². The predicted octanol–water partition coefficient (Wildman–Crippen LogP) is -0.385. The lowest BCUT2D eigenvalue weighted by Crippen LogP contribution is -2.49. The summed E-state index contributed by atoms with van der Waals surface area (Å²) in [5.41, 5.74) is 5.80. The summed E-state index contributed by atoms with van der Waals surface area (Å²) in [5.74, 6) is 0.687. The minimum atomic E-state index is 0.292. The zero-order chi connectivity index (χ0) is 8.97. The van der Waals surface area contributed by atoms with Gasteiger partial charge in [-0.1, -0.05) is 0 Å². The van der Waals surface area contributed by atoms with Crippen LogP contribution >= 0.6 is 0 Å². The minimum Gasteiger partial charge on any atom is -0.370 e. The summed E-state index contributed by atoms with van der Waals surface area (Å²) >= 11 is 0. The standard InChI is InChI=1S/C8H18N4/c1-7(2)11-8(9)12-5-3-10-4-6-12/h7,10H,3-6H2,1-2H3,(H2,9,11).